The quantitative estimate of drug-likeness (QED) is 0.337. The largest absolute Gasteiger partial charge is 0.519 e. The molecule has 2 aromatic rings. The minimum atomic E-state index is 0.0649. The van der Waals surface area contributed by atoms with Gasteiger partial charge in [-0.25, -0.2) is 0 Å². The summed E-state index contributed by atoms with van der Waals surface area (Å²) in [5.41, 5.74) is 6.11. The first kappa shape index (κ1) is 25.7. The van der Waals surface area contributed by atoms with Gasteiger partial charge in [-0.05, 0) is 80.3 Å². The van der Waals surface area contributed by atoms with E-state index in [4.69, 9.17) is 23.7 Å². The van der Waals surface area contributed by atoms with E-state index in [9.17, 15) is 0 Å². The molecule has 0 bridgehead atoms. The van der Waals surface area contributed by atoms with Crippen molar-refractivity contribution in [3.63, 3.8) is 0 Å². The van der Waals surface area contributed by atoms with Crippen LogP contribution >= 0.6 is 0 Å². The average Bonchev–Trinajstić information content (AvgIpc) is 2.85. The Kier molecular flexibility index (Phi) is 9.46. The van der Waals surface area contributed by atoms with Gasteiger partial charge in [0, 0.05) is 43.6 Å². The highest BCUT2D eigenvalue weighted by Gasteiger charge is 2.12. The van der Waals surface area contributed by atoms with Crippen LogP contribution in [0.3, 0.4) is 0 Å². The van der Waals surface area contributed by atoms with Crippen LogP contribution in [0.2, 0.25) is 0 Å². The minimum absolute atomic E-state index is 0.0649. The van der Waals surface area contributed by atoms with Crippen LogP contribution in [0.5, 0.6) is 0 Å². The first-order valence-corrected chi connectivity index (χ1v) is 11.1. The molecule has 0 aliphatic rings. The van der Waals surface area contributed by atoms with Crippen LogP contribution in [0, 0.1) is 49.7 Å². The van der Waals surface area contributed by atoms with Gasteiger partial charge < -0.3 is 9.80 Å². The maximum absolute atomic E-state index is 9.01. The van der Waals surface area contributed by atoms with Crippen molar-refractivity contribution in [3.05, 3.63) is 92.9 Å². The zero-order valence-electron chi connectivity index (χ0n) is 20.1. The van der Waals surface area contributed by atoms with Crippen molar-refractivity contribution in [2.45, 2.75) is 27.7 Å². The fraction of sp³-hybridized carbons (Fsp3) is 0.286. The molecule has 6 heteroatoms. The topological polar surface area (TPSA) is 62.8 Å². The summed E-state index contributed by atoms with van der Waals surface area (Å²) in [4.78, 5) is 11.1. The normalized spacial score (nSPS) is 9.53. The highest BCUT2D eigenvalue weighted by molar-refractivity contribution is 5.67. The minimum Gasteiger partial charge on any atom is -0.370 e. The molecule has 0 spiro atoms. The van der Waals surface area contributed by atoms with Gasteiger partial charge in [0.1, 0.15) is 30.9 Å². The van der Waals surface area contributed by atoms with E-state index < -0.39 is 0 Å². The molecule has 2 rings (SSSR count). The van der Waals surface area contributed by atoms with Gasteiger partial charge in [0.05, 0.1) is 0 Å². The second kappa shape index (κ2) is 12.5. The summed E-state index contributed by atoms with van der Waals surface area (Å²) in [6.07, 6.45) is 3.25. The van der Waals surface area contributed by atoms with Crippen molar-refractivity contribution in [2.24, 2.45) is 0 Å². The van der Waals surface area contributed by atoms with E-state index >= 15 is 0 Å². The van der Waals surface area contributed by atoms with Gasteiger partial charge in [-0.15, -0.1) is 0 Å². The number of nitrogens with zero attached hydrogens (tertiary/aromatic N) is 6. The van der Waals surface area contributed by atoms with Crippen LogP contribution in [-0.2, 0) is 0 Å². The molecule has 0 unspecified atom stereocenters. The first-order valence-electron chi connectivity index (χ1n) is 11.1. The molecule has 0 amide bonds. The van der Waals surface area contributed by atoms with Gasteiger partial charge in [0.15, 0.2) is 0 Å². The summed E-state index contributed by atoms with van der Waals surface area (Å²) < 4.78 is 0. The summed E-state index contributed by atoms with van der Waals surface area (Å²) >= 11 is 0. The van der Waals surface area contributed by atoms with Gasteiger partial charge in [0.2, 0.25) is 0 Å². The second-order valence-corrected chi connectivity index (χ2v) is 7.75. The van der Waals surface area contributed by atoms with E-state index in [1.54, 1.807) is 12.2 Å². The van der Waals surface area contributed by atoms with Gasteiger partial charge in [-0.2, -0.15) is 20.2 Å². The van der Waals surface area contributed by atoms with Crippen LogP contribution in [0.4, 0.5) is 11.4 Å². The molecule has 0 aromatic heterocycles. The average molecular weight is 449 g/mol. The predicted octanol–water partition coefficient (Wildman–Crippen LogP) is 6.22. The Morgan fingerprint density at radius 2 is 1.26 bits per heavy atom. The molecule has 2 aromatic carbocycles. The summed E-state index contributed by atoms with van der Waals surface area (Å²) in [5, 5.41) is 18.0. The zero-order chi connectivity index (χ0) is 25.1. The fourth-order valence-electron chi connectivity index (χ4n) is 3.69. The van der Waals surface area contributed by atoms with Crippen molar-refractivity contribution < 1.29 is 0 Å². The van der Waals surface area contributed by atoms with E-state index in [0.717, 1.165) is 59.8 Å². The molecule has 0 N–H and O–H groups in total. The molecule has 0 aliphatic heterocycles. The van der Waals surface area contributed by atoms with E-state index in [-0.39, 0.29) is 11.4 Å². The maximum Gasteiger partial charge on any atom is 0.519 e. The number of nitriles is 2. The Labute approximate surface area is 202 Å². The van der Waals surface area contributed by atoms with Crippen LogP contribution in [0.25, 0.3) is 21.8 Å². The Morgan fingerprint density at radius 1 is 0.824 bits per heavy atom. The lowest BCUT2D eigenvalue weighted by Gasteiger charge is -2.30. The Balaban J connectivity index is 2.19. The van der Waals surface area contributed by atoms with Crippen LogP contribution in [-0.4, -0.2) is 26.2 Å². The molecule has 0 heterocycles. The third-order valence-corrected chi connectivity index (χ3v) is 5.69. The lowest BCUT2D eigenvalue weighted by Crippen LogP contribution is -2.35. The van der Waals surface area contributed by atoms with Crippen molar-refractivity contribution in [1.82, 2.24) is 0 Å². The molecule has 0 aliphatic carbocycles. The molecule has 170 valence electrons. The molecule has 0 saturated heterocycles. The van der Waals surface area contributed by atoms with E-state index in [1.807, 2.05) is 50.3 Å². The van der Waals surface area contributed by atoms with E-state index in [0.29, 0.717) is 0 Å². The number of aryl methyl sites for hydroxylation is 2. The zero-order valence-corrected chi connectivity index (χ0v) is 20.1. The Hall–Kier alpha value is -4.52. The summed E-state index contributed by atoms with van der Waals surface area (Å²) in [5.74, 6) is 0.0649. The number of benzene rings is 2. The smallest absolute Gasteiger partial charge is 0.370 e. The first-order chi connectivity index (χ1) is 16.4. The van der Waals surface area contributed by atoms with Crippen molar-refractivity contribution in [2.75, 3.05) is 36.0 Å². The second-order valence-electron chi connectivity index (χ2n) is 7.75. The Morgan fingerprint density at radius 3 is 1.62 bits per heavy atom. The lowest BCUT2D eigenvalue weighted by molar-refractivity contribution is 0.753. The molecule has 34 heavy (non-hydrogen) atoms. The number of hydrogen-bond donors (Lipinski definition) is 0. The SMILES string of the molecule is [C-]#[N+]C(=Cc1ccc(N(CC)CCN(CC)c2ccc(C=C(C#N)C#N)c(C)c2)cc1C)[N+]#[C-]. The molecule has 0 atom stereocenters. The standard InChI is InChI=1S/C28H28N6/c1-7-33(26-11-9-24(21(3)15-26)17-23(19-29)20-30)13-14-34(8-2)27-12-10-25(22(4)16-27)18-28(31-5)32-6/h9-12,15-18H,7-8,13-14H2,1-4H3. The molecule has 0 radical (unpaired) electrons. The molecule has 6 nitrogen and oxygen atoms in total. The third kappa shape index (κ3) is 6.49. The van der Waals surface area contributed by atoms with Crippen molar-refractivity contribution >= 4 is 23.5 Å². The van der Waals surface area contributed by atoms with Gasteiger partial charge in [-0.1, -0.05) is 12.1 Å². The maximum atomic E-state index is 9.01. The van der Waals surface area contributed by atoms with Gasteiger partial charge in [-0.3, -0.25) is 0 Å². The lowest BCUT2D eigenvalue weighted by atomic mass is 10.0. The van der Waals surface area contributed by atoms with Crippen molar-refractivity contribution in [3.8, 4) is 12.1 Å². The number of rotatable bonds is 9. The molecule has 0 saturated carbocycles. The summed E-state index contributed by atoms with van der Waals surface area (Å²) in [6, 6.07) is 16.0. The van der Waals surface area contributed by atoms with Crippen molar-refractivity contribution in [1.29, 1.82) is 10.5 Å². The number of anilines is 2. The number of likely N-dealkylation sites (N-methyl/N-ethyl adjacent to an activating group) is 2. The number of allylic oxidation sites excluding steroid dienone is 1. The number of hydrogen-bond acceptors (Lipinski definition) is 4. The third-order valence-electron chi connectivity index (χ3n) is 5.69. The fourth-order valence-corrected chi connectivity index (χ4v) is 3.69. The molecule has 0 fully saturated rings. The van der Waals surface area contributed by atoms with Crippen LogP contribution in [0.15, 0.2) is 47.8 Å². The van der Waals surface area contributed by atoms with Gasteiger partial charge in [0.25, 0.3) is 0 Å². The van der Waals surface area contributed by atoms with E-state index in [2.05, 4.69) is 45.5 Å². The summed E-state index contributed by atoms with van der Waals surface area (Å²) in [7, 11) is 0. The molecular formula is C28H28N6. The summed E-state index contributed by atoms with van der Waals surface area (Å²) in [6.45, 7) is 25.8. The monoisotopic (exact) mass is 448 g/mol. The van der Waals surface area contributed by atoms with Gasteiger partial charge >= 0.3 is 5.82 Å². The highest BCUT2D eigenvalue weighted by atomic mass is 15.2. The molecular weight excluding hydrogens is 420 g/mol. The highest BCUT2D eigenvalue weighted by Crippen LogP contribution is 2.24. The Bertz CT molecular complexity index is 1130. The van der Waals surface area contributed by atoms with E-state index in [1.165, 1.54) is 0 Å². The van der Waals surface area contributed by atoms with Crippen LogP contribution in [0.1, 0.15) is 36.1 Å². The van der Waals surface area contributed by atoms with Crippen LogP contribution < -0.4 is 9.80 Å². The predicted molar refractivity (Wildman–Crippen MR) is 139 cm³/mol.